The highest BCUT2D eigenvalue weighted by Crippen LogP contribution is 2.31. The molecule has 0 radical (unpaired) electrons. The Balaban J connectivity index is 0.00000208. The van der Waals surface area contributed by atoms with Crippen molar-refractivity contribution in [2.45, 2.75) is 17.9 Å². The molecular weight excluding hydrogens is 356 g/mol. The molecule has 0 bridgehead atoms. The lowest BCUT2D eigenvalue weighted by molar-refractivity contribution is -0.383. The summed E-state index contributed by atoms with van der Waals surface area (Å²) in [6.07, 6.45) is 1.44. The van der Waals surface area contributed by atoms with Gasteiger partial charge in [-0.15, -0.1) is 12.4 Å². The van der Waals surface area contributed by atoms with E-state index in [-0.39, 0.29) is 39.9 Å². The largest absolute Gasteiger partial charge is 0.314 e. The van der Waals surface area contributed by atoms with Gasteiger partial charge in [-0.1, -0.05) is 0 Å². The van der Waals surface area contributed by atoms with Crippen molar-refractivity contribution in [2.24, 2.45) is 0 Å². The molecule has 1 aromatic heterocycles. The first kappa shape index (κ1) is 18.5. The summed E-state index contributed by atoms with van der Waals surface area (Å²) in [5.41, 5.74) is -0.0205. The number of non-ortho nitro benzene ring substituents is 1. The van der Waals surface area contributed by atoms with E-state index in [4.69, 9.17) is 0 Å². The zero-order chi connectivity index (χ0) is 16.6. The Morgan fingerprint density at radius 3 is 2.79 bits per heavy atom. The highest BCUT2D eigenvalue weighted by atomic mass is 35.5. The van der Waals surface area contributed by atoms with Crippen LogP contribution < -0.4 is 5.32 Å². The maximum absolute atomic E-state index is 13.0. The van der Waals surface area contributed by atoms with Crippen LogP contribution in [0, 0.1) is 10.1 Å². The number of rotatable bonds is 3. The van der Waals surface area contributed by atoms with Gasteiger partial charge in [0.25, 0.3) is 5.69 Å². The molecule has 8 nitrogen and oxygen atoms in total. The van der Waals surface area contributed by atoms with Gasteiger partial charge >= 0.3 is 0 Å². The van der Waals surface area contributed by atoms with Crippen molar-refractivity contribution in [2.75, 3.05) is 19.6 Å². The van der Waals surface area contributed by atoms with Crippen LogP contribution in [0.4, 0.5) is 5.69 Å². The van der Waals surface area contributed by atoms with E-state index < -0.39 is 14.9 Å². The molecule has 2 heterocycles. The summed E-state index contributed by atoms with van der Waals surface area (Å²) in [4.78, 5) is 14.7. The molecule has 0 spiro atoms. The molecule has 10 heteroatoms. The number of nitrogens with one attached hydrogen (secondary N) is 1. The lowest BCUT2D eigenvalue weighted by Gasteiger charge is -2.32. The van der Waals surface area contributed by atoms with E-state index >= 15 is 0 Å². The van der Waals surface area contributed by atoms with Gasteiger partial charge in [0.2, 0.25) is 10.0 Å². The van der Waals surface area contributed by atoms with Gasteiger partial charge in [-0.2, -0.15) is 4.31 Å². The molecule has 2 aromatic rings. The summed E-state index contributed by atoms with van der Waals surface area (Å²) in [7, 11) is -3.77. The molecule has 24 heavy (non-hydrogen) atoms. The van der Waals surface area contributed by atoms with Gasteiger partial charge in [-0.25, -0.2) is 8.42 Å². The third-order valence-corrected chi connectivity index (χ3v) is 5.98. The Morgan fingerprint density at radius 1 is 1.38 bits per heavy atom. The van der Waals surface area contributed by atoms with Gasteiger partial charge in [0.1, 0.15) is 4.90 Å². The number of hydrogen-bond donors (Lipinski definition) is 1. The number of fused-ring (bicyclic) bond motifs is 1. The maximum Gasteiger partial charge on any atom is 0.278 e. The summed E-state index contributed by atoms with van der Waals surface area (Å²) in [5.74, 6) is 0. The molecule has 1 saturated heterocycles. The number of pyridine rings is 1. The number of halogens is 1. The number of piperazine rings is 1. The first-order valence-electron chi connectivity index (χ1n) is 7.17. The molecule has 1 aromatic carbocycles. The predicted molar refractivity (Wildman–Crippen MR) is 91.9 cm³/mol. The molecule has 1 fully saturated rings. The fourth-order valence-corrected chi connectivity index (χ4v) is 4.58. The Kier molecular flexibility index (Phi) is 5.38. The summed E-state index contributed by atoms with van der Waals surface area (Å²) in [6.45, 7) is 3.32. The molecule has 1 N–H and O–H groups in total. The zero-order valence-corrected chi connectivity index (χ0v) is 14.5. The second-order valence-electron chi connectivity index (χ2n) is 5.41. The number of hydrogen-bond acceptors (Lipinski definition) is 6. The Hall–Kier alpha value is -1.81. The van der Waals surface area contributed by atoms with Crippen molar-refractivity contribution >= 4 is 39.0 Å². The molecule has 1 unspecified atom stereocenters. The van der Waals surface area contributed by atoms with E-state index in [2.05, 4.69) is 10.3 Å². The van der Waals surface area contributed by atoms with Crippen LogP contribution in [0.1, 0.15) is 6.92 Å². The van der Waals surface area contributed by atoms with Gasteiger partial charge in [0.05, 0.1) is 15.8 Å². The summed E-state index contributed by atoms with van der Waals surface area (Å²) in [6, 6.07) is 5.38. The summed E-state index contributed by atoms with van der Waals surface area (Å²) < 4.78 is 27.4. The molecule has 0 amide bonds. The van der Waals surface area contributed by atoms with Crippen molar-refractivity contribution in [3.8, 4) is 0 Å². The van der Waals surface area contributed by atoms with Crippen LogP contribution in [0.5, 0.6) is 0 Å². The number of nitro benzene ring substituents is 1. The average Bonchev–Trinajstić information content (AvgIpc) is 2.53. The maximum atomic E-state index is 13.0. The van der Waals surface area contributed by atoms with Gasteiger partial charge in [-0.3, -0.25) is 15.1 Å². The third-order valence-electron chi connectivity index (χ3n) is 3.93. The highest BCUT2D eigenvalue weighted by molar-refractivity contribution is 7.89. The fraction of sp³-hybridized carbons (Fsp3) is 0.357. The average molecular weight is 373 g/mol. The molecule has 1 aliphatic rings. The molecule has 0 aliphatic carbocycles. The second kappa shape index (κ2) is 6.98. The molecular formula is C14H17ClN4O4S. The van der Waals surface area contributed by atoms with Crippen molar-refractivity contribution in [1.82, 2.24) is 14.6 Å². The highest BCUT2D eigenvalue weighted by Gasteiger charge is 2.33. The molecule has 1 atom stereocenters. The Morgan fingerprint density at radius 2 is 2.12 bits per heavy atom. The van der Waals surface area contributed by atoms with Crippen LogP contribution in [0.3, 0.4) is 0 Å². The minimum absolute atomic E-state index is 0. The molecule has 130 valence electrons. The minimum atomic E-state index is -3.77. The van der Waals surface area contributed by atoms with E-state index in [1.54, 1.807) is 6.07 Å². The van der Waals surface area contributed by atoms with Crippen LogP contribution in [-0.4, -0.2) is 48.3 Å². The number of nitro groups is 1. The van der Waals surface area contributed by atoms with E-state index in [9.17, 15) is 18.5 Å². The van der Waals surface area contributed by atoms with Gasteiger partial charge in [-0.05, 0) is 25.1 Å². The van der Waals surface area contributed by atoms with E-state index in [1.807, 2.05) is 6.92 Å². The van der Waals surface area contributed by atoms with Crippen LogP contribution in [0.15, 0.2) is 35.4 Å². The first-order valence-corrected chi connectivity index (χ1v) is 8.61. The lowest BCUT2D eigenvalue weighted by atomic mass is 10.2. The normalized spacial score (nSPS) is 19.0. The number of benzene rings is 1. The summed E-state index contributed by atoms with van der Waals surface area (Å²) >= 11 is 0. The fourth-order valence-electron chi connectivity index (χ4n) is 2.80. The molecule has 1 aliphatic heterocycles. The number of nitrogens with zero attached hydrogens (tertiary/aromatic N) is 3. The topological polar surface area (TPSA) is 105 Å². The van der Waals surface area contributed by atoms with Crippen LogP contribution in [-0.2, 0) is 10.0 Å². The van der Waals surface area contributed by atoms with Crippen molar-refractivity contribution in [3.05, 3.63) is 40.6 Å². The minimum Gasteiger partial charge on any atom is -0.314 e. The Labute approximate surface area is 145 Å². The van der Waals surface area contributed by atoms with Crippen molar-refractivity contribution in [1.29, 1.82) is 0 Å². The predicted octanol–water partition coefficient (Wildman–Crippen LogP) is 1.55. The van der Waals surface area contributed by atoms with Gasteiger partial charge in [0, 0.05) is 37.9 Å². The van der Waals surface area contributed by atoms with E-state index in [0.717, 1.165) is 0 Å². The van der Waals surface area contributed by atoms with E-state index in [0.29, 0.717) is 19.6 Å². The smallest absolute Gasteiger partial charge is 0.278 e. The summed E-state index contributed by atoms with van der Waals surface area (Å²) in [5, 5.41) is 14.5. The monoisotopic (exact) mass is 372 g/mol. The first-order chi connectivity index (χ1) is 10.9. The van der Waals surface area contributed by atoms with Crippen molar-refractivity contribution < 1.29 is 13.3 Å². The van der Waals surface area contributed by atoms with Crippen LogP contribution in [0.2, 0.25) is 0 Å². The van der Waals surface area contributed by atoms with Gasteiger partial charge < -0.3 is 5.32 Å². The van der Waals surface area contributed by atoms with Crippen LogP contribution in [0.25, 0.3) is 10.9 Å². The van der Waals surface area contributed by atoms with Gasteiger partial charge in [0.15, 0.2) is 0 Å². The molecule has 0 saturated carbocycles. The van der Waals surface area contributed by atoms with E-state index in [1.165, 1.54) is 28.7 Å². The zero-order valence-electron chi connectivity index (χ0n) is 12.9. The number of aromatic nitrogens is 1. The lowest BCUT2D eigenvalue weighted by Crippen LogP contribution is -2.52. The van der Waals surface area contributed by atoms with Crippen molar-refractivity contribution in [3.63, 3.8) is 0 Å². The number of sulfonamides is 1. The standard InChI is InChI=1S/C14H16N4O4S.ClH/c1-10-9-15-7-8-17(10)23(21,22)13-5-4-12(18(19)20)11-3-2-6-16-14(11)13;/h2-6,10,15H,7-9H2,1H3;1H. The van der Waals surface area contributed by atoms with Crippen LogP contribution >= 0.6 is 12.4 Å². The SMILES string of the molecule is CC1CNCCN1S(=O)(=O)c1ccc([N+](=O)[O-])c2cccnc12.Cl. The molecule has 3 rings (SSSR count). The quantitative estimate of drug-likeness (QED) is 0.647. The third kappa shape index (κ3) is 3.07. The second-order valence-corrected chi connectivity index (χ2v) is 7.27. The Bertz CT molecular complexity index is 874.